The Kier molecular flexibility index (Phi) is 4.59. The highest BCUT2D eigenvalue weighted by molar-refractivity contribution is 6.32. The second kappa shape index (κ2) is 6.67. The second-order valence-electron chi connectivity index (χ2n) is 5.26. The van der Waals surface area contributed by atoms with Crippen molar-refractivity contribution in [3.8, 4) is 11.4 Å². The van der Waals surface area contributed by atoms with Crippen LogP contribution in [0.4, 0.5) is 0 Å². The Morgan fingerprint density at radius 1 is 1.12 bits per heavy atom. The minimum Gasteiger partial charge on any atom is -0.487 e. The molecule has 0 radical (unpaired) electrons. The molecule has 0 saturated carbocycles. The van der Waals surface area contributed by atoms with Crippen molar-refractivity contribution in [1.82, 2.24) is 19.8 Å². The Morgan fingerprint density at radius 3 is 2.58 bits per heavy atom. The monoisotopic (exact) mass is 364 g/mol. The number of hydrogen-bond acceptors (Lipinski definition) is 4. The molecule has 0 unspecified atom stereocenters. The summed E-state index contributed by atoms with van der Waals surface area (Å²) in [5.74, 6) is 0.541. The summed E-state index contributed by atoms with van der Waals surface area (Å²) in [4.78, 5) is 12.1. The summed E-state index contributed by atoms with van der Waals surface area (Å²) in [5, 5.41) is 8.55. The fraction of sp³-hybridized carbons (Fsp3) is 0.188. The van der Waals surface area contributed by atoms with Crippen LogP contribution in [0.25, 0.3) is 5.69 Å². The summed E-state index contributed by atoms with van der Waals surface area (Å²) in [6.45, 7) is 2.09. The summed E-state index contributed by atoms with van der Waals surface area (Å²) >= 11 is 12.5. The third-order valence-electron chi connectivity index (χ3n) is 3.50. The fourth-order valence-corrected chi connectivity index (χ4v) is 2.74. The van der Waals surface area contributed by atoms with Crippen molar-refractivity contribution in [3.63, 3.8) is 0 Å². The molecule has 3 rings (SSSR count). The van der Waals surface area contributed by atoms with Crippen LogP contribution in [0.2, 0.25) is 10.0 Å². The Morgan fingerprint density at radius 2 is 1.92 bits per heavy atom. The number of ether oxygens (including phenoxy) is 1. The molecule has 0 bridgehead atoms. The maximum absolute atomic E-state index is 12.1. The summed E-state index contributed by atoms with van der Waals surface area (Å²) < 4.78 is 8.10. The molecule has 8 heteroatoms. The number of tetrazole rings is 1. The molecule has 2 aromatic carbocycles. The third-order valence-corrected chi connectivity index (χ3v) is 4.15. The minimum absolute atomic E-state index is 0.140. The number of benzene rings is 2. The van der Waals surface area contributed by atoms with E-state index in [1.807, 2.05) is 19.1 Å². The fourth-order valence-electron chi connectivity index (χ4n) is 2.23. The van der Waals surface area contributed by atoms with Crippen LogP contribution in [-0.4, -0.2) is 19.8 Å². The van der Waals surface area contributed by atoms with E-state index in [2.05, 4.69) is 10.4 Å². The van der Waals surface area contributed by atoms with Gasteiger partial charge in [0.1, 0.15) is 12.4 Å². The zero-order valence-electron chi connectivity index (χ0n) is 13.0. The molecule has 24 heavy (non-hydrogen) atoms. The Labute approximate surface area is 148 Å². The second-order valence-corrected chi connectivity index (χ2v) is 6.07. The van der Waals surface area contributed by atoms with Crippen LogP contribution in [0, 0.1) is 6.92 Å². The van der Waals surface area contributed by atoms with Gasteiger partial charge in [-0.15, -0.1) is 0 Å². The Bertz CT molecular complexity index is 949. The first-order chi connectivity index (χ1) is 11.5. The third kappa shape index (κ3) is 3.16. The van der Waals surface area contributed by atoms with Crippen molar-refractivity contribution in [2.75, 3.05) is 0 Å². The quantitative estimate of drug-likeness (QED) is 0.713. The van der Waals surface area contributed by atoms with Gasteiger partial charge in [-0.2, -0.15) is 9.36 Å². The topological polar surface area (TPSA) is 61.9 Å². The normalized spacial score (nSPS) is 10.8. The van der Waals surface area contributed by atoms with Crippen LogP contribution >= 0.6 is 23.2 Å². The average Bonchev–Trinajstić information content (AvgIpc) is 2.87. The number of aryl methyl sites for hydroxylation is 2. The van der Waals surface area contributed by atoms with Gasteiger partial charge in [0.15, 0.2) is 0 Å². The van der Waals surface area contributed by atoms with Crippen molar-refractivity contribution in [1.29, 1.82) is 0 Å². The molecule has 0 amide bonds. The van der Waals surface area contributed by atoms with Crippen molar-refractivity contribution < 1.29 is 4.74 Å². The van der Waals surface area contributed by atoms with Crippen molar-refractivity contribution in [2.24, 2.45) is 7.05 Å². The van der Waals surface area contributed by atoms with Gasteiger partial charge in [0.2, 0.25) is 0 Å². The largest absolute Gasteiger partial charge is 0.487 e. The summed E-state index contributed by atoms with van der Waals surface area (Å²) in [6.07, 6.45) is 0. The van der Waals surface area contributed by atoms with Gasteiger partial charge in [0.05, 0.1) is 10.7 Å². The predicted molar refractivity (Wildman–Crippen MR) is 92.1 cm³/mol. The highest BCUT2D eigenvalue weighted by Crippen LogP contribution is 2.28. The molecule has 0 atom stereocenters. The molecule has 0 saturated heterocycles. The van der Waals surface area contributed by atoms with E-state index in [0.29, 0.717) is 27.0 Å². The van der Waals surface area contributed by atoms with Crippen LogP contribution in [0.1, 0.15) is 11.1 Å². The summed E-state index contributed by atoms with van der Waals surface area (Å²) in [6, 6.07) is 10.7. The number of rotatable bonds is 4. The van der Waals surface area contributed by atoms with Crippen molar-refractivity contribution >= 4 is 23.2 Å². The molecule has 0 N–H and O–H groups in total. The number of halogens is 2. The lowest BCUT2D eigenvalue weighted by Gasteiger charge is -2.13. The van der Waals surface area contributed by atoms with E-state index in [-0.39, 0.29) is 12.3 Å². The first-order valence-electron chi connectivity index (χ1n) is 7.13. The van der Waals surface area contributed by atoms with E-state index in [9.17, 15) is 4.79 Å². The Hall–Kier alpha value is -2.31. The van der Waals surface area contributed by atoms with Gasteiger partial charge in [-0.1, -0.05) is 35.3 Å². The summed E-state index contributed by atoms with van der Waals surface area (Å²) in [7, 11) is 1.53. The molecule has 6 nitrogen and oxygen atoms in total. The number of aromatic nitrogens is 4. The van der Waals surface area contributed by atoms with Crippen LogP contribution < -0.4 is 10.4 Å². The van der Waals surface area contributed by atoms with Gasteiger partial charge in [-0.25, -0.2) is 4.79 Å². The van der Waals surface area contributed by atoms with E-state index in [0.717, 1.165) is 10.2 Å². The number of nitrogens with zero attached hydrogens (tertiary/aromatic N) is 4. The van der Waals surface area contributed by atoms with Crippen LogP contribution in [0.3, 0.4) is 0 Å². The predicted octanol–water partition coefficient (Wildman–Crippen LogP) is 3.16. The molecule has 0 spiro atoms. The maximum Gasteiger partial charge on any atom is 0.368 e. The van der Waals surface area contributed by atoms with E-state index >= 15 is 0 Å². The van der Waals surface area contributed by atoms with Gasteiger partial charge >= 0.3 is 5.69 Å². The van der Waals surface area contributed by atoms with Crippen LogP contribution in [0.5, 0.6) is 5.75 Å². The average molecular weight is 365 g/mol. The highest BCUT2D eigenvalue weighted by atomic mass is 35.5. The molecule has 1 heterocycles. The van der Waals surface area contributed by atoms with Gasteiger partial charge in [-0.3, -0.25) is 0 Å². The van der Waals surface area contributed by atoms with Gasteiger partial charge in [-0.05, 0) is 47.2 Å². The highest BCUT2D eigenvalue weighted by Gasteiger charge is 2.15. The van der Waals surface area contributed by atoms with Crippen LogP contribution in [0.15, 0.2) is 41.2 Å². The Balaban J connectivity index is 1.96. The zero-order chi connectivity index (χ0) is 17.3. The molecule has 0 aliphatic rings. The first-order valence-corrected chi connectivity index (χ1v) is 7.88. The van der Waals surface area contributed by atoms with Gasteiger partial charge < -0.3 is 4.74 Å². The molecular formula is C16H14Cl2N4O2. The lowest BCUT2D eigenvalue weighted by Crippen LogP contribution is -2.23. The van der Waals surface area contributed by atoms with E-state index in [4.69, 9.17) is 27.9 Å². The van der Waals surface area contributed by atoms with E-state index in [1.165, 1.54) is 11.7 Å². The zero-order valence-corrected chi connectivity index (χ0v) is 14.5. The smallest absolute Gasteiger partial charge is 0.368 e. The molecule has 0 aliphatic carbocycles. The van der Waals surface area contributed by atoms with E-state index in [1.54, 1.807) is 24.3 Å². The van der Waals surface area contributed by atoms with Crippen molar-refractivity contribution in [3.05, 3.63) is 68.1 Å². The number of hydrogen-bond donors (Lipinski definition) is 0. The molecule has 124 valence electrons. The first kappa shape index (κ1) is 16.5. The molecule has 0 aliphatic heterocycles. The molecule has 0 fully saturated rings. The van der Waals surface area contributed by atoms with Gasteiger partial charge in [0, 0.05) is 17.6 Å². The van der Waals surface area contributed by atoms with Crippen molar-refractivity contribution in [2.45, 2.75) is 13.5 Å². The SMILES string of the molecule is Cc1ccc(OCc2c(Cl)cccc2-n2nnn(C)c2=O)c(Cl)c1. The van der Waals surface area contributed by atoms with E-state index < -0.39 is 0 Å². The van der Waals surface area contributed by atoms with Gasteiger partial charge in [0.25, 0.3) is 0 Å². The van der Waals surface area contributed by atoms with Crippen LogP contribution in [-0.2, 0) is 13.7 Å². The lowest BCUT2D eigenvalue weighted by molar-refractivity contribution is 0.306. The molecule has 1 aromatic heterocycles. The maximum atomic E-state index is 12.1. The minimum atomic E-state index is -0.369. The lowest BCUT2D eigenvalue weighted by atomic mass is 10.2. The molecule has 3 aromatic rings. The standard InChI is InChI=1S/C16H14Cl2N4O2/c1-10-6-7-15(13(18)8-10)24-9-11-12(17)4-3-5-14(11)22-16(23)21(2)19-20-22/h3-8H,9H2,1-2H3. The summed E-state index contributed by atoms with van der Waals surface area (Å²) in [5.41, 5.74) is 1.81. The molecular weight excluding hydrogens is 351 g/mol.